The Labute approximate surface area is 242 Å². The van der Waals surface area contributed by atoms with Crippen LogP contribution in [0.1, 0.15) is 39.8 Å². The summed E-state index contributed by atoms with van der Waals surface area (Å²) in [7, 11) is 0. The highest BCUT2D eigenvalue weighted by molar-refractivity contribution is 6.34. The van der Waals surface area contributed by atoms with Gasteiger partial charge in [-0.25, -0.2) is 18.7 Å². The average Bonchev–Trinajstić information content (AvgIpc) is 2.93. The van der Waals surface area contributed by atoms with Gasteiger partial charge >= 0.3 is 5.69 Å². The molecular weight excluding hydrogens is 547 g/mol. The Morgan fingerprint density at radius 3 is 2.66 bits per heavy atom. The normalized spacial score (nSPS) is 15.2. The molecule has 0 unspecified atom stereocenters. The molecule has 1 fully saturated rings. The first-order chi connectivity index (χ1) is 19.1. The zero-order chi connectivity index (χ0) is 28.7. The van der Waals surface area contributed by atoms with Gasteiger partial charge in [-0.15, -0.1) is 0 Å². The zero-order valence-corrected chi connectivity index (χ0v) is 23.1. The lowest BCUT2D eigenvalue weighted by Gasteiger charge is -2.40. The molecule has 41 heavy (non-hydrogen) atoms. The number of hydrogen-bond acceptors (Lipinski definition) is 7. The van der Waals surface area contributed by atoms with Crippen molar-refractivity contribution in [3.05, 3.63) is 82.3 Å². The summed E-state index contributed by atoms with van der Waals surface area (Å²) in [4.78, 5) is 43.4. The van der Waals surface area contributed by atoms with Crippen LogP contribution in [0.2, 0.25) is 5.02 Å². The highest BCUT2D eigenvalue weighted by Gasteiger charge is 2.30. The molecule has 0 aliphatic carbocycles. The molecule has 11 heteroatoms. The number of pyridine rings is 2. The summed E-state index contributed by atoms with van der Waals surface area (Å²) in [5.74, 6) is -0.601. The third-order valence-electron chi connectivity index (χ3n) is 7.00. The fourth-order valence-corrected chi connectivity index (χ4v) is 5.33. The third-order valence-corrected chi connectivity index (χ3v) is 7.29. The monoisotopic (exact) mass is 578 g/mol. The number of hydrogen-bond donors (Lipinski definition) is 1. The van der Waals surface area contributed by atoms with Gasteiger partial charge in [-0.05, 0) is 55.3 Å². The number of benzene rings is 1. The summed E-state index contributed by atoms with van der Waals surface area (Å²) in [6.07, 6.45) is 2.94. The van der Waals surface area contributed by atoms with E-state index < -0.39 is 11.5 Å². The number of phenols is 1. The second-order valence-corrected chi connectivity index (χ2v) is 10.4. The number of carbonyl (C=O) groups is 1. The first-order valence-corrected chi connectivity index (χ1v) is 13.2. The maximum atomic E-state index is 14.2. The molecular formula is C30H32ClFN6O3. The predicted octanol–water partition coefficient (Wildman–Crippen LogP) is 5.32. The van der Waals surface area contributed by atoms with Crippen molar-refractivity contribution in [2.75, 3.05) is 24.5 Å². The molecule has 1 N–H and O–H groups in total. The van der Waals surface area contributed by atoms with Gasteiger partial charge in [-0.3, -0.25) is 9.78 Å². The van der Waals surface area contributed by atoms with Crippen LogP contribution >= 0.6 is 11.6 Å². The molecule has 0 spiro atoms. The topological polar surface area (TPSA) is 104 Å². The van der Waals surface area contributed by atoms with Crippen LogP contribution in [0.15, 0.2) is 60.0 Å². The Morgan fingerprint density at radius 2 is 1.98 bits per heavy atom. The zero-order valence-electron chi connectivity index (χ0n) is 22.3. The fourth-order valence-electron chi connectivity index (χ4n) is 5.07. The van der Waals surface area contributed by atoms with Gasteiger partial charge in [0.05, 0.1) is 27.5 Å². The summed E-state index contributed by atoms with van der Waals surface area (Å²) in [6.45, 7) is 10.7. The smallest absolute Gasteiger partial charge is 0.355 e. The van der Waals surface area contributed by atoms with E-state index in [0.717, 1.165) is 12.1 Å². The van der Waals surface area contributed by atoms with Crippen molar-refractivity contribution < 1.29 is 14.3 Å². The van der Waals surface area contributed by atoms with Crippen LogP contribution in [-0.4, -0.2) is 61.1 Å². The number of piperazine rings is 1. The van der Waals surface area contributed by atoms with Crippen LogP contribution in [0, 0.1) is 5.82 Å². The molecule has 1 amide bonds. The SMILES string of the molecule is C.C=CC(=O)N1CCN(c2nc(=O)n(-c3cccnc3C(C)C)c3nc(-c4cc(F)ccc4O)c(Cl)cc23)[C@@H](C)C1. The van der Waals surface area contributed by atoms with Gasteiger partial charge < -0.3 is 14.9 Å². The molecule has 3 aromatic heterocycles. The quantitative estimate of drug-likeness (QED) is 0.319. The van der Waals surface area contributed by atoms with Crippen molar-refractivity contribution in [2.24, 2.45) is 0 Å². The van der Waals surface area contributed by atoms with E-state index in [4.69, 9.17) is 16.6 Å². The second-order valence-electron chi connectivity index (χ2n) is 10.00. The molecule has 1 aliphatic rings. The van der Waals surface area contributed by atoms with Crippen LogP contribution in [0.3, 0.4) is 0 Å². The average molecular weight is 579 g/mol. The lowest BCUT2D eigenvalue weighted by Crippen LogP contribution is -2.54. The van der Waals surface area contributed by atoms with Crippen molar-refractivity contribution in [3.8, 4) is 22.7 Å². The summed E-state index contributed by atoms with van der Waals surface area (Å²) in [5.41, 5.74) is 1.01. The van der Waals surface area contributed by atoms with Crippen LogP contribution in [-0.2, 0) is 4.79 Å². The highest BCUT2D eigenvalue weighted by Crippen LogP contribution is 2.38. The fraction of sp³-hybridized carbons (Fsp3) is 0.300. The van der Waals surface area contributed by atoms with E-state index in [2.05, 4.69) is 16.5 Å². The van der Waals surface area contributed by atoms with Crippen molar-refractivity contribution in [3.63, 3.8) is 0 Å². The molecule has 1 atom stereocenters. The molecule has 1 aliphatic heterocycles. The number of phenolic OH excluding ortho intramolecular Hbond substituents is 1. The number of aromatic hydroxyl groups is 1. The van der Waals surface area contributed by atoms with Crippen LogP contribution in [0.25, 0.3) is 28.0 Å². The van der Waals surface area contributed by atoms with Gasteiger partial charge in [0.2, 0.25) is 5.91 Å². The predicted molar refractivity (Wildman–Crippen MR) is 159 cm³/mol. The lowest BCUT2D eigenvalue weighted by molar-refractivity contribution is -0.126. The van der Waals surface area contributed by atoms with Crippen LogP contribution in [0.5, 0.6) is 5.75 Å². The lowest BCUT2D eigenvalue weighted by atomic mass is 10.1. The minimum Gasteiger partial charge on any atom is -0.507 e. The van der Waals surface area contributed by atoms with E-state index in [1.807, 2.05) is 25.7 Å². The highest BCUT2D eigenvalue weighted by atomic mass is 35.5. The van der Waals surface area contributed by atoms with E-state index in [-0.39, 0.29) is 53.0 Å². The summed E-state index contributed by atoms with van der Waals surface area (Å²) in [5, 5.41) is 11.2. The maximum Gasteiger partial charge on any atom is 0.355 e. The van der Waals surface area contributed by atoms with Crippen molar-refractivity contribution in [1.82, 2.24) is 24.4 Å². The molecule has 5 rings (SSSR count). The molecule has 1 saturated heterocycles. The number of aromatic nitrogens is 4. The number of fused-ring (bicyclic) bond motifs is 1. The number of nitrogens with zero attached hydrogens (tertiary/aromatic N) is 6. The third kappa shape index (κ3) is 5.39. The van der Waals surface area contributed by atoms with E-state index in [9.17, 15) is 19.1 Å². The van der Waals surface area contributed by atoms with Gasteiger partial charge in [0.25, 0.3) is 0 Å². The summed E-state index contributed by atoms with van der Waals surface area (Å²) in [6, 6.07) is 8.43. The van der Waals surface area contributed by atoms with E-state index >= 15 is 0 Å². The molecule has 1 aromatic carbocycles. The standard InChI is InChI=1S/C29H28ClFN6O3.CH4/c1-5-24(39)35-11-12-36(17(4)15-35)27-20-14-21(30)26(19-13-18(31)8-9-23(19)38)33-28(20)37(29(40)34-27)22-7-6-10-32-25(22)16(2)3;/h5-10,13-14,16-17,38H,1,11-12,15H2,2-4H3;1H4/t17-;/m0./s1. The van der Waals surface area contributed by atoms with Gasteiger partial charge in [0.1, 0.15) is 17.4 Å². The first kappa shape index (κ1) is 29.7. The Kier molecular flexibility index (Phi) is 8.44. The summed E-state index contributed by atoms with van der Waals surface area (Å²) >= 11 is 6.71. The maximum absolute atomic E-state index is 14.2. The first-order valence-electron chi connectivity index (χ1n) is 12.9. The van der Waals surface area contributed by atoms with Gasteiger partial charge in [-0.1, -0.05) is 39.5 Å². The van der Waals surface area contributed by atoms with Gasteiger partial charge in [0.15, 0.2) is 5.65 Å². The van der Waals surface area contributed by atoms with Crippen LogP contribution < -0.4 is 10.6 Å². The molecule has 9 nitrogen and oxygen atoms in total. The summed E-state index contributed by atoms with van der Waals surface area (Å²) < 4.78 is 15.6. The minimum absolute atomic E-state index is 0. The number of rotatable bonds is 5. The molecule has 4 heterocycles. The van der Waals surface area contributed by atoms with Crippen molar-refractivity contribution in [1.29, 1.82) is 0 Å². The van der Waals surface area contributed by atoms with Gasteiger partial charge in [-0.2, -0.15) is 4.98 Å². The minimum atomic E-state index is -0.585. The largest absolute Gasteiger partial charge is 0.507 e. The van der Waals surface area contributed by atoms with Crippen molar-refractivity contribution >= 4 is 34.4 Å². The molecule has 0 saturated carbocycles. The molecule has 4 aromatic rings. The number of anilines is 1. The molecule has 0 bridgehead atoms. The Hall–Kier alpha value is -4.31. The van der Waals surface area contributed by atoms with Gasteiger partial charge in [0, 0.05) is 37.4 Å². The van der Waals surface area contributed by atoms with E-state index in [0.29, 0.717) is 42.2 Å². The van der Waals surface area contributed by atoms with Crippen molar-refractivity contribution in [2.45, 2.75) is 40.2 Å². The molecule has 0 radical (unpaired) electrons. The Bertz CT molecular complexity index is 1710. The van der Waals surface area contributed by atoms with E-state index in [1.165, 1.54) is 16.7 Å². The Morgan fingerprint density at radius 1 is 1.22 bits per heavy atom. The van der Waals surface area contributed by atoms with Crippen LogP contribution in [0.4, 0.5) is 10.2 Å². The molecule has 214 valence electrons. The Balaban J connectivity index is 0.00000387. The number of amides is 1. The number of halogens is 2. The second kappa shape index (κ2) is 11.7. The number of carbonyl (C=O) groups excluding carboxylic acids is 1. The van der Waals surface area contributed by atoms with E-state index in [1.54, 1.807) is 29.3 Å².